The third-order valence-electron chi connectivity index (χ3n) is 3.21. The van der Waals surface area contributed by atoms with Crippen LogP contribution in [0.25, 0.3) is 0 Å². The van der Waals surface area contributed by atoms with Crippen molar-refractivity contribution in [3.63, 3.8) is 0 Å². The number of carbonyl (C=O) groups excluding carboxylic acids is 1. The van der Waals surface area contributed by atoms with Gasteiger partial charge in [-0.15, -0.1) is 0 Å². The molecule has 0 aromatic carbocycles. The number of rotatable bonds is 4. The van der Waals surface area contributed by atoms with Gasteiger partial charge in [0.25, 0.3) is 5.91 Å². The van der Waals surface area contributed by atoms with Crippen molar-refractivity contribution in [2.75, 3.05) is 19.6 Å². The minimum atomic E-state index is 0.0919. The fourth-order valence-electron chi connectivity index (χ4n) is 2.34. The average Bonchev–Trinajstić information content (AvgIpc) is 2.90. The van der Waals surface area contributed by atoms with Crippen molar-refractivity contribution in [2.45, 2.75) is 32.2 Å². The summed E-state index contributed by atoms with van der Waals surface area (Å²) in [5.74, 6) is 0.0919. The van der Waals surface area contributed by atoms with E-state index in [-0.39, 0.29) is 5.91 Å². The van der Waals surface area contributed by atoms with Crippen molar-refractivity contribution in [3.05, 3.63) is 24.2 Å². The fraction of sp³-hybridized carbons (Fsp3) is 0.615. The van der Waals surface area contributed by atoms with Gasteiger partial charge in [0.2, 0.25) is 0 Å². The second kappa shape index (κ2) is 5.87. The van der Waals surface area contributed by atoms with Crippen LogP contribution >= 0.6 is 0 Å². The molecule has 2 rings (SSSR count). The molecule has 0 spiro atoms. The van der Waals surface area contributed by atoms with Gasteiger partial charge in [0, 0.05) is 19.1 Å². The molecule has 1 amide bonds. The lowest BCUT2D eigenvalue weighted by Crippen LogP contribution is -2.48. The molecule has 1 aromatic heterocycles. The summed E-state index contributed by atoms with van der Waals surface area (Å²) in [7, 11) is 0. The SMILES string of the molecule is CCCN(C(=O)c1ccoc1)C1CCCNC1. The highest BCUT2D eigenvalue weighted by atomic mass is 16.3. The Morgan fingerprint density at radius 2 is 2.53 bits per heavy atom. The van der Waals surface area contributed by atoms with Crippen LogP contribution in [-0.2, 0) is 0 Å². The number of furan rings is 1. The second-order valence-corrected chi connectivity index (χ2v) is 4.51. The zero-order valence-electron chi connectivity index (χ0n) is 10.3. The van der Waals surface area contributed by atoms with Gasteiger partial charge < -0.3 is 14.6 Å². The predicted molar refractivity (Wildman–Crippen MR) is 65.9 cm³/mol. The van der Waals surface area contributed by atoms with E-state index in [1.165, 1.54) is 6.26 Å². The lowest BCUT2D eigenvalue weighted by atomic mass is 10.0. The third kappa shape index (κ3) is 2.88. The van der Waals surface area contributed by atoms with Crippen molar-refractivity contribution in [3.8, 4) is 0 Å². The minimum absolute atomic E-state index is 0.0919. The summed E-state index contributed by atoms with van der Waals surface area (Å²) in [5, 5.41) is 3.36. The molecule has 17 heavy (non-hydrogen) atoms. The molecule has 0 saturated carbocycles. The van der Waals surface area contributed by atoms with E-state index < -0.39 is 0 Å². The van der Waals surface area contributed by atoms with E-state index >= 15 is 0 Å². The van der Waals surface area contributed by atoms with E-state index in [0.717, 1.165) is 38.9 Å². The molecule has 1 saturated heterocycles. The number of piperidine rings is 1. The summed E-state index contributed by atoms with van der Waals surface area (Å²) in [4.78, 5) is 14.3. The van der Waals surface area contributed by atoms with Gasteiger partial charge in [-0.1, -0.05) is 6.92 Å². The number of nitrogens with zero attached hydrogens (tertiary/aromatic N) is 1. The monoisotopic (exact) mass is 236 g/mol. The molecule has 4 heteroatoms. The number of nitrogens with one attached hydrogen (secondary N) is 1. The summed E-state index contributed by atoms with van der Waals surface area (Å²) in [6.07, 6.45) is 6.30. The first-order valence-electron chi connectivity index (χ1n) is 6.36. The molecule has 1 unspecified atom stereocenters. The van der Waals surface area contributed by atoms with Gasteiger partial charge in [-0.2, -0.15) is 0 Å². The van der Waals surface area contributed by atoms with E-state index in [2.05, 4.69) is 12.2 Å². The van der Waals surface area contributed by atoms with E-state index in [1.807, 2.05) is 4.90 Å². The maximum atomic E-state index is 12.3. The molecule has 1 aliphatic rings. The maximum absolute atomic E-state index is 12.3. The zero-order valence-corrected chi connectivity index (χ0v) is 10.3. The molecule has 4 nitrogen and oxygen atoms in total. The summed E-state index contributed by atoms with van der Waals surface area (Å²) in [6, 6.07) is 2.06. The topological polar surface area (TPSA) is 45.5 Å². The molecule has 1 fully saturated rings. The quantitative estimate of drug-likeness (QED) is 0.868. The minimum Gasteiger partial charge on any atom is -0.472 e. The first kappa shape index (κ1) is 12.2. The Labute approximate surface area is 102 Å². The van der Waals surface area contributed by atoms with Crippen molar-refractivity contribution < 1.29 is 9.21 Å². The second-order valence-electron chi connectivity index (χ2n) is 4.51. The molecule has 1 aromatic rings. The largest absolute Gasteiger partial charge is 0.472 e. The Morgan fingerprint density at radius 3 is 3.12 bits per heavy atom. The molecule has 0 radical (unpaired) electrons. The van der Waals surface area contributed by atoms with E-state index in [9.17, 15) is 4.79 Å². The van der Waals surface area contributed by atoms with Crippen LogP contribution in [0.1, 0.15) is 36.5 Å². The first-order valence-corrected chi connectivity index (χ1v) is 6.36. The van der Waals surface area contributed by atoms with E-state index in [0.29, 0.717) is 11.6 Å². The van der Waals surface area contributed by atoms with Gasteiger partial charge in [-0.3, -0.25) is 4.79 Å². The maximum Gasteiger partial charge on any atom is 0.257 e. The molecular formula is C13H20N2O2. The average molecular weight is 236 g/mol. The Balaban J connectivity index is 2.07. The van der Waals surface area contributed by atoms with Gasteiger partial charge in [0.15, 0.2) is 0 Å². The zero-order chi connectivity index (χ0) is 12.1. The van der Waals surface area contributed by atoms with Gasteiger partial charge in [-0.25, -0.2) is 0 Å². The molecular weight excluding hydrogens is 216 g/mol. The van der Waals surface area contributed by atoms with E-state index in [1.54, 1.807) is 12.3 Å². The van der Waals surface area contributed by atoms with Crippen LogP contribution in [0.3, 0.4) is 0 Å². The Bertz CT molecular complexity index is 342. The molecule has 2 heterocycles. The summed E-state index contributed by atoms with van der Waals surface area (Å²) in [5.41, 5.74) is 0.657. The molecule has 0 bridgehead atoms. The summed E-state index contributed by atoms with van der Waals surface area (Å²) >= 11 is 0. The van der Waals surface area contributed by atoms with Gasteiger partial charge in [0.05, 0.1) is 11.8 Å². The van der Waals surface area contributed by atoms with Crippen LogP contribution in [0, 0.1) is 0 Å². The van der Waals surface area contributed by atoms with Crippen LogP contribution in [0.2, 0.25) is 0 Å². The van der Waals surface area contributed by atoms with E-state index in [4.69, 9.17) is 4.42 Å². The van der Waals surface area contributed by atoms with Gasteiger partial charge >= 0.3 is 0 Å². The van der Waals surface area contributed by atoms with Gasteiger partial charge in [0.1, 0.15) is 6.26 Å². The van der Waals surface area contributed by atoms with Crippen LogP contribution in [0.15, 0.2) is 23.0 Å². The van der Waals surface area contributed by atoms with Crippen molar-refractivity contribution >= 4 is 5.91 Å². The number of hydrogen-bond acceptors (Lipinski definition) is 3. The molecule has 0 aliphatic carbocycles. The van der Waals surface area contributed by atoms with Gasteiger partial charge in [-0.05, 0) is 31.9 Å². The lowest BCUT2D eigenvalue weighted by Gasteiger charge is -2.34. The number of carbonyl (C=O) groups is 1. The molecule has 94 valence electrons. The predicted octanol–water partition coefficient (Wildman–Crippen LogP) is 1.88. The van der Waals surface area contributed by atoms with Crippen molar-refractivity contribution in [1.82, 2.24) is 10.2 Å². The van der Waals surface area contributed by atoms with Crippen LogP contribution in [-0.4, -0.2) is 36.5 Å². The Morgan fingerprint density at radius 1 is 1.65 bits per heavy atom. The molecule has 1 aliphatic heterocycles. The van der Waals surface area contributed by atoms with Crippen LogP contribution in [0.4, 0.5) is 0 Å². The fourth-order valence-corrected chi connectivity index (χ4v) is 2.34. The van der Waals surface area contributed by atoms with Crippen LogP contribution < -0.4 is 5.32 Å². The smallest absolute Gasteiger partial charge is 0.257 e. The van der Waals surface area contributed by atoms with Crippen LogP contribution in [0.5, 0.6) is 0 Å². The normalized spacial score (nSPS) is 20.2. The number of hydrogen-bond donors (Lipinski definition) is 1. The standard InChI is InChI=1S/C13H20N2O2/c1-2-7-15(12-4-3-6-14-9-12)13(16)11-5-8-17-10-11/h5,8,10,12,14H,2-4,6-7,9H2,1H3. The summed E-state index contributed by atoms with van der Waals surface area (Å²) < 4.78 is 4.99. The highest BCUT2D eigenvalue weighted by Crippen LogP contribution is 2.15. The molecule has 1 N–H and O–H groups in total. The highest BCUT2D eigenvalue weighted by molar-refractivity contribution is 5.94. The lowest BCUT2D eigenvalue weighted by molar-refractivity contribution is 0.0648. The Hall–Kier alpha value is -1.29. The Kier molecular flexibility index (Phi) is 4.20. The van der Waals surface area contributed by atoms with Crippen molar-refractivity contribution in [2.24, 2.45) is 0 Å². The number of amides is 1. The first-order chi connectivity index (χ1) is 8.33. The highest BCUT2D eigenvalue weighted by Gasteiger charge is 2.25. The summed E-state index contributed by atoms with van der Waals surface area (Å²) in [6.45, 7) is 4.89. The molecule has 1 atom stereocenters. The van der Waals surface area contributed by atoms with Crippen molar-refractivity contribution in [1.29, 1.82) is 0 Å². The third-order valence-corrected chi connectivity index (χ3v) is 3.21.